The molecule has 1 unspecified atom stereocenters. The van der Waals surface area contributed by atoms with Gasteiger partial charge in [-0.2, -0.15) is 0 Å². The first-order valence-corrected chi connectivity index (χ1v) is 5.24. The molecule has 0 aliphatic carbocycles. The summed E-state index contributed by atoms with van der Waals surface area (Å²) in [6.07, 6.45) is 1.16. The Balaban J connectivity index is 2.91. The highest BCUT2D eigenvalue weighted by Gasteiger charge is 2.11. The van der Waals surface area contributed by atoms with Crippen molar-refractivity contribution in [1.29, 1.82) is 0 Å². The van der Waals surface area contributed by atoms with Crippen molar-refractivity contribution < 1.29 is 0 Å². The fourth-order valence-corrected chi connectivity index (χ4v) is 2.76. The van der Waals surface area contributed by atoms with Crippen LogP contribution in [-0.2, 0) is 0 Å². The van der Waals surface area contributed by atoms with E-state index in [-0.39, 0.29) is 0 Å². The van der Waals surface area contributed by atoms with Crippen molar-refractivity contribution in [2.24, 2.45) is 0 Å². The second-order valence-electron chi connectivity index (χ2n) is 3.15. The van der Waals surface area contributed by atoms with Crippen molar-refractivity contribution in [3.05, 3.63) is 21.4 Å². The zero-order chi connectivity index (χ0) is 9.14. The van der Waals surface area contributed by atoms with Crippen LogP contribution >= 0.6 is 11.3 Å². The van der Waals surface area contributed by atoms with Gasteiger partial charge in [-0.15, -0.1) is 11.3 Å². The highest BCUT2D eigenvalue weighted by molar-refractivity contribution is 7.12. The molecule has 1 heterocycles. The molecule has 0 fully saturated rings. The smallest absolute Gasteiger partial charge is 0.0412 e. The van der Waals surface area contributed by atoms with Crippen molar-refractivity contribution in [2.75, 3.05) is 7.05 Å². The van der Waals surface area contributed by atoms with Gasteiger partial charge < -0.3 is 5.32 Å². The molecule has 0 radical (unpaired) electrons. The van der Waals surface area contributed by atoms with Crippen molar-refractivity contribution in [1.82, 2.24) is 5.32 Å². The average Bonchev–Trinajstić information content (AvgIpc) is 2.34. The van der Waals surface area contributed by atoms with E-state index in [0.29, 0.717) is 6.04 Å². The van der Waals surface area contributed by atoms with Gasteiger partial charge in [0, 0.05) is 15.8 Å². The van der Waals surface area contributed by atoms with Gasteiger partial charge in [-0.1, -0.05) is 6.92 Å². The van der Waals surface area contributed by atoms with Crippen LogP contribution in [-0.4, -0.2) is 7.05 Å². The highest BCUT2D eigenvalue weighted by Crippen LogP contribution is 2.28. The first-order chi connectivity index (χ1) is 5.69. The lowest BCUT2D eigenvalue weighted by atomic mass is 10.1. The summed E-state index contributed by atoms with van der Waals surface area (Å²) in [6, 6.07) is 2.81. The van der Waals surface area contributed by atoms with Gasteiger partial charge in [0.15, 0.2) is 0 Å². The largest absolute Gasteiger partial charge is 0.312 e. The van der Waals surface area contributed by atoms with E-state index in [0.717, 1.165) is 6.42 Å². The monoisotopic (exact) mass is 183 g/mol. The fraction of sp³-hybridized carbons (Fsp3) is 0.600. The number of thiophene rings is 1. The molecule has 0 bridgehead atoms. The average molecular weight is 183 g/mol. The molecular weight excluding hydrogens is 166 g/mol. The number of hydrogen-bond acceptors (Lipinski definition) is 2. The van der Waals surface area contributed by atoms with Crippen LogP contribution in [0, 0.1) is 13.8 Å². The molecule has 0 aliphatic heterocycles. The number of aryl methyl sites for hydroxylation is 2. The van der Waals surface area contributed by atoms with Gasteiger partial charge in [-0.05, 0) is 38.9 Å². The Hall–Kier alpha value is -0.340. The summed E-state index contributed by atoms with van der Waals surface area (Å²) in [6.45, 7) is 6.58. The summed E-state index contributed by atoms with van der Waals surface area (Å²) in [4.78, 5) is 2.91. The summed E-state index contributed by atoms with van der Waals surface area (Å²) < 4.78 is 0. The van der Waals surface area contributed by atoms with E-state index in [1.54, 1.807) is 0 Å². The minimum absolute atomic E-state index is 0.545. The summed E-state index contributed by atoms with van der Waals surface area (Å²) in [5, 5.41) is 3.33. The molecule has 1 atom stereocenters. The Labute approximate surface area is 78.8 Å². The van der Waals surface area contributed by atoms with Crippen LogP contribution in [0.5, 0.6) is 0 Å². The number of nitrogens with one attached hydrogen (secondary N) is 1. The van der Waals surface area contributed by atoms with E-state index in [1.807, 2.05) is 18.4 Å². The molecule has 0 aromatic carbocycles. The van der Waals surface area contributed by atoms with Crippen LogP contribution in [0.2, 0.25) is 0 Å². The normalized spacial score (nSPS) is 13.3. The predicted octanol–water partition coefficient (Wildman–Crippen LogP) is 3.04. The third-order valence-electron chi connectivity index (χ3n) is 2.15. The van der Waals surface area contributed by atoms with Gasteiger partial charge in [-0.25, -0.2) is 0 Å². The van der Waals surface area contributed by atoms with Crippen molar-refractivity contribution >= 4 is 11.3 Å². The molecule has 1 aromatic rings. The molecule has 12 heavy (non-hydrogen) atoms. The van der Waals surface area contributed by atoms with Gasteiger partial charge in [0.1, 0.15) is 0 Å². The molecule has 0 aliphatic rings. The molecule has 0 saturated heterocycles. The summed E-state index contributed by atoms with van der Waals surface area (Å²) in [5.41, 5.74) is 1.43. The Kier molecular flexibility index (Phi) is 3.29. The first kappa shape index (κ1) is 9.75. The van der Waals surface area contributed by atoms with Gasteiger partial charge >= 0.3 is 0 Å². The molecule has 1 rings (SSSR count). The lowest BCUT2D eigenvalue weighted by Crippen LogP contribution is -2.14. The lowest BCUT2D eigenvalue weighted by molar-refractivity contribution is 0.584. The molecule has 0 saturated carbocycles. The maximum atomic E-state index is 3.33. The van der Waals surface area contributed by atoms with Crippen molar-refractivity contribution in [2.45, 2.75) is 33.2 Å². The summed E-state index contributed by atoms with van der Waals surface area (Å²) in [5.74, 6) is 0. The number of rotatable bonds is 3. The quantitative estimate of drug-likeness (QED) is 0.759. The van der Waals surface area contributed by atoms with Crippen LogP contribution in [0.25, 0.3) is 0 Å². The lowest BCUT2D eigenvalue weighted by Gasteiger charge is -2.12. The molecule has 1 nitrogen and oxygen atoms in total. The second kappa shape index (κ2) is 4.06. The van der Waals surface area contributed by atoms with Crippen LogP contribution in [0.1, 0.15) is 34.7 Å². The second-order valence-corrected chi connectivity index (χ2v) is 4.44. The van der Waals surface area contributed by atoms with Crippen LogP contribution in [0.3, 0.4) is 0 Å². The van der Waals surface area contributed by atoms with Crippen molar-refractivity contribution in [3.8, 4) is 0 Å². The van der Waals surface area contributed by atoms with E-state index < -0.39 is 0 Å². The maximum Gasteiger partial charge on any atom is 0.0412 e. The van der Waals surface area contributed by atoms with Gasteiger partial charge in [0.25, 0.3) is 0 Å². The molecule has 0 spiro atoms. The Bertz CT molecular complexity index is 248. The molecular formula is C10H17NS. The molecule has 1 aromatic heterocycles. The van der Waals surface area contributed by atoms with Crippen LogP contribution in [0.15, 0.2) is 6.07 Å². The van der Waals surface area contributed by atoms with Crippen molar-refractivity contribution in [3.63, 3.8) is 0 Å². The third kappa shape index (κ3) is 1.87. The fourth-order valence-electron chi connectivity index (χ4n) is 1.53. The topological polar surface area (TPSA) is 12.0 Å². The van der Waals surface area contributed by atoms with E-state index >= 15 is 0 Å². The molecule has 0 amide bonds. The number of hydrogen-bond donors (Lipinski definition) is 1. The highest BCUT2D eigenvalue weighted by atomic mass is 32.1. The van der Waals surface area contributed by atoms with E-state index in [2.05, 4.69) is 32.2 Å². The summed E-state index contributed by atoms with van der Waals surface area (Å²) in [7, 11) is 2.03. The summed E-state index contributed by atoms with van der Waals surface area (Å²) >= 11 is 1.91. The SMILES string of the molecule is CCC(NC)c1sc(C)cc1C. The van der Waals surface area contributed by atoms with Gasteiger partial charge in [0.05, 0.1) is 0 Å². The minimum Gasteiger partial charge on any atom is -0.312 e. The minimum atomic E-state index is 0.545. The molecule has 2 heteroatoms. The van der Waals surface area contributed by atoms with Crippen LogP contribution < -0.4 is 5.32 Å². The van der Waals surface area contributed by atoms with E-state index in [9.17, 15) is 0 Å². The Morgan fingerprint density at radius 2 is 2.17 bits per heavy atom. The van der Waals surface area contributed by atoms with E-state index in [1.165, 1.54) is 15.3 Å². The maximum absolute atomic E-state index is 3.33. The van der Waals surface area contributed by atoms with Crippen LogP contribution in [0.4, 0.5) is 0 Å². The molecule has 68 valence electrons. The third-order valence-corrected chi connectivity index (χ3v) is 3.42. The van der Waals surface area contributed by atoms with Gasteiger partial charge in [-0.3, -0.25) is 0 Å². The van der Waals surface area contributed by atoms with Gasteiger partial charge in [0.2, 0.25) is 0 Å². The predicted molar refractivity (Wildman–Crippen MR) is 55.9 cm³/mol. The first-order valence-electron chi connectivity index (χ1n) is 4.43. The molecule has 1 N–H and O–H groups in total. The zero-order valence-corrected chi connectivity index (χ0v) is 9.09. The van der Waals surface area contributed by atoms with E-state index in [4.69, 9.17) is 0 Å². The zero-order valence-electron chi connectivity index (χ0n) is 8.27. The Morgan fingerprint density at radius 3 is 2.50 bits per heavy atom. The standard InChI is InChI=1S/C10H17NS/c1-5-9(11-4)10-7(2)6-8(3)12-10/h6,9,11H,5H2,1-4H3. The Morgan fingerprint density at radius 1 is 1.50 bits per heavy atom.